The van der Waals surface area contributed by atoms with Crippen LogP contribution in [0.1, 0.15) is 20.8 Å². The highest BCUT2D eigenvalue weighted by Crippen LogP contribution is 2.17. The van der Waals surface area contributed by atoms with E-state index in [0.29, 0.717) is 6.54 Å². The van der Waals surface area contributed by atoms with Crippen LogP contribution < -0.4 is 5.32 Å². The molecule has 4 heteroatoms. The van der Waals surface area contributed by atoms with Crippen LogP contribution in [0.3, 0.4) is 0 Å². The molecule has 1 heterocycles. The van der Waals surface area contributed by atoms with Crippen molar-refractivity contribution >= 4 is 6.03 Å². The summed E-state index contributed by atoms with van der Waals surface area (Å²) in [6.45, 7) is 6.54. The van der Waals surface area contributed by atoms with Crippen molar-refractivity contribution in [3.8, 4) is 0 Å². The van der Waals surface area contributed by atoms with Gasteiger partial charge in [0.05, 0.1) is 12.6 Å². The monoisotopic (exact) mass is 172 g/mol. The third kappa shape index (κ3) is 1.69. The first-order valence-electron chi connectivity index (χ1n) is 4.14. The lowest BCUT2D eigenvalue weighted by Crippen LogP contribution is -2.43. The van der Waals surface area contributed by atoms with E-state index >= 15 is 0 Å². The highest BCUT2D eigenvalue weighted by Gasteiger charge is 2.35. The lowest BCUT2D eigenvalue weighted by molar-refractivity contribution is 0.166. The minimum atomic E-state index is -0.159. The summed E-state index contributed by atoms with van der Waals surface area (Å²) < 4.78 is 0. The second kappa shape index (κ2) is 2.94. The number of hydrogen-bond acceptors (Lipinski definition) is 2. The van der Waals surface area contributed by atoms with E-state index in [-0.39, 0.29) is 24.2 Å². The molecule has 1 rings (SSSR count). The zero-order valence-electron chi connectivity index (χ0n) is 7.79. The molecule has 2 amide bonds. The summed E-state index contributed by atoms with van der Waals surface area (Å²) in [4.78, 5) is 13.0. The number of nitrogens with one attached hydrogen (secondary N) is 1. The van der Waals surface area contributed by atoms with Gasteiger partial charge in [0, 0.05) is 12.1 Å². The molecule has 2 N–H and O–H groups in total. The van der Waals surface area contributed by atoms with Crippen molar-refractivity contribution in [3.63, 3.8) is 0 Å². The Balaban J connectivity index is 2.64. The van der Waals surface area contributed by atoms with Gasteiger partial charge >= 0.3 is 6.03 Å². The first-order chi connectivity index (χ1) is 5.45. The van der Waals surface area contributed by atoms with Crippen LogP contribution in [0.25, 0.3) is 0 Å². The lowest BCUT2D eigenvalue weighted by Gasteiger charge is -2.30. The molecule has 4 nitrogen and oxygen atoms in total. The van der Waals surface area contributed by atoms with E-state index in [0.717, 1.165) is 0 Å². The topological polar surface area (TPSA) is 52.6 Å². The predicted molar refractivity (Wildman–Crippen MR) is 45.9 cm³/mol. The summed E-state index contributed by atoms with van der Waals surface area (Å²) in [6.07, 6.45) is 0. The Kier molecular flexibility index (Phi) is 2.28. The van der Waals surface area contributed by atoms with Gasteiger partial charge in [-0.2, -0.15) is 0 Å². The maximum atomic E-state index is 11.3. The van der Waals surface area contributed by atoms with Crippen LogP contribution in [0.2, 0.25) is 0 Å². The zero-order valence-corrected chi connectivity index (χ0v) is 7.79. The van der Waals surface area contributed by atoms with E-state index in [1.165, 1.54) is 0 Å². The van der Waals surface area contributed by atoms with Crippen molar-refractivity contribution in [3.05, 3.63) is 0 Å². The van der Waals surface area contributed by atoms with Gasteiger partial charge in [-0.25, -0.2) is 4.79 Å². The maximum absolute atomic E-state index is 11.3. The Morgan fingerprint density at radius 2 is 2.25 bits per heavy atom. The average molecular weight is 172 g/mol. The number of carbonyl (C=O) groups is 1. The van der Waals surface area contributed by atoms with Crippen LogP contribution in [0.4, 0.5) is 4.79 Å². The van der Waals surface area contributed by atoms with E-state index in [2.05, 4.69) is 5.32 Å². The van der Waals surface area contributed by atoms with Gasteiger partial charge in [0.2, 0.25) is 0 Å². The molecule has 0 aromatic heterocycles. The number of amides is 2. The number of aliphatic hydroxyl groups excluding tert-OH is 1. The third-order valence-electron chi connectivity index (χ3n) is 2.01. The van der Waals surface area contributed by atoms with Gasteiger partial charge in [-0.1, -0.05) is 0 Å². The summed E-state index contributed by atoms with van der Waals surface area (Å²) in [5, 5.41) is 11.5. The van der Waals surface area contributed by atoms with E-state index in [9.17, 15) is 4.79 Å². The van der Waals surface area contributed by atoms with Gasteiger partial charge in [-0.3, -0.25) is 0 Å². The fourth-order valence-corrected chi connectivity index (χ4v) is 1.28. The number of carbonyl (C=O) groups excluding carboxylic acids is 1. The van der Waals surface area contributed by atoms with Crippen molar-refractivity contribution in [1.29, 1.82) is 0 Å². The van der Waals surface area contributed by atoms with Gasteiger partial charge in [-0.05, 0) is 20.8 Å². The quantitative estimate of drug-likeness (QED) is 0.592. The van der Waals surface area contributed by atoms with Crippen LogP contribution in [0, 0.1) is 0 Å². The Bertz CT molecular complexity index is 186. The first-order valence-corrected chi connectivity index (χ1v) is 4.14. The fraction of sp³-hybridized carbons (Fsp3) is 0.875. The molecule has 1 atom stereocenters. The highest BCUT2D eigenvalue weighted by molar-refractivity contribution is 5.77. The Labute approximate surface area is 72.6 Å². The van der Waals surface area contributed by atoms with Gasteiger partial charge in [0.25, 0.3) is 0 Å². The third-order valence-corrected chi connectivity index (χ3v) is 2.01. The summed E-state index contributed by atoms with van der Waals surface area (Å²) in [6, 6.07) is -0.182. The molecular formula is C8H16N2O2. The number of hydrogen-bond donors (Lipinski definition) is 2. The summed E-state index contributed by atoms with van der Waals surface area (Å²) in [5.41, 5.74) is -0.159. The van der Waals surface area contributed by atoms with E-state index in [1.54, 1.807) is 4.90 Å². The van der Waals surface area contributed by atoms with Crippen LogP contribution in [-0.2, 0) is 0 Å². The SMILES string of the molecule is CC(C)(C)N1C[C@H](CO)NC1=O. The molecule has 0 unspecified atom stereocenters. The van der Waals surface area contributed by atoms with Crippen molar-refractivity contribution in [2.45, 2.75) is 32.4 Å². The van der Waals surface area contributed by atoms with E-state index in [4.69, 9.17) is 5.11 Å². The minimum absolute atomic E-state index is 0.0122. The normalized spacial score (nSPS) is 24.5. The molecule has 0 spiro atoms. The smallest absolute Gasteiger partial charge is 0.318 e. The molecule has 0 bridgehead atoms. The highest BCUT2D eigenvalue weighted by atomic mass is 16.3. The van der Waals surface area contributed by atoms with Crippen molar-refractivity contribution in [2.24, 2.45) is 0 Å². The number of aliphatic hydroxyl groups is 1. The zero-order chi connectivity index (χ0) is 9.35. The molecule has 1 aliphatic rings. The predicted octanol–water partition coefficient (Wildman–Crippen LogP) is 0.171. The molecule has 0 radical (unpaired) electrons. The van der Waals surface area contributed by atoms with Crippen LogP contribution in [-0.4, -0.2) is 40.8 Å². The molecule has 1 saturated heterocycles. The van der Waals surface area contributed by atoms with E-state index in [1.807, 2.05) is 20.8 Å². The molecule has 1 aliphatic heterocycles. The standard InChI is InChI=1S/C8H16N2O2/c1-8(2,3)10-4-6(5-11)9-7(10)12/h6,11H,4-5H2,1-3H3,(H,9,12)/t6-/m1/s1. The molecule has 1 fully saturated rings. The summed E-state index contributed by atoms with van der Waals surface area (Å²) in [5.74, 6) is 0. The molecular weight excluding hydrogens is 156 g/mol. The van der Waals surface area contributed by atoms with Gasteiger partial charge in [0.15, 0.2) is 0 Å². The molecule has 70 valence electrons. The Morgan fingerprint density at radius 1 is 1.67 bits per heavy atom. The van der Waals surface area contributed by atoms with Gasteiger partial charge in [0.1, 0.15) is 0 Å². The summed E-state index contributed by atoms with van der Waals surface area (Å²) >= 11 is 0. The minimum Gasteiger partial charge on any atom is -0.394 e. The van der Waals surface area contributed by atoms with Crippen LogP contribution in [0.15, 0.2) is 0 Å². The van der Waals surface area contributed by atoms with Crippen molar-refractivity contribution < 1.29 is 9.90 Å². The first kappa shape index (κ1) is 9.32. The molecule has 0 aromatic rings. The van der Waals surface area contributed by atoms with Crippen molar-refractivity contribution in [1.82, 2.24) is 10.2 Å². The van der Waals surface area contributed by atoms with Crippen LogP contribution >= 0.6 is 0 Å². The average Bonchev–Trinajstić information content (AvgIpc) is 2.29. The fourth-order valence-electron chi connectivity index (χ4n) is 1.28. The lowest BCUT2D eigenvalue weighted by atomic mass is 10.1. The molecule has 0 aromatic carbocycles. The Hall–Kier alpha value is -0.770. The Morgan fingerprint density at radius 3 is 2.50 bits per heavy atom. The van der Waals surface area contributed by atoms with Crippen molar-refractivity contribution in [2.75, 3.05) is 13.2 Å². The maximum Gasteiger partial charge on any atom is 0.318 e. The van der Waals surface area contributed by atoms with E-state index < -0.39 is 0 Å². The molecule has 0 saturated carbocycles. The number of nitrogens with zero attached hydrogens (tertiary/aromatic N) is 1. The number of urea groups is 1. The van der Waals surface area contributed by atoms with Gasteiger partial charge in [-0.15, -0.1) is 0 Å². The van der Waals surface area contributed by atoms with Crippen LogP contribution in [0.5, 0.6) is 0 Å². The second-order valence-electron chi connectivity index (χ2n) is 4.11. The van der Waals surface area contributed by atoms with Gasteiger partial charge < -0.3 is 15.3 Å². The largest absolute Gasteiger partial charge is 0.394 e. The number of rotatable bonds is 1. The second-order valence-corrected chi connectivity index (χ2v) is 4.11. The summed E-state index contributed by atoms with van der Waals surface area (Å²) in [7, 11) is 0. The molecule has 0 aliphatic carbocycles. The molecule has 12 heavy (non-hydrogen) atoms.